The summed E-state index contributed by atoms with van der Waals surface area (Å²) < 4.78 is 31.0. The van der Waals surface area contributed by atoms with E-state index in [1.165, 1.54) is 6.07 Å². The summed E-state index contributed by atoms with van der Waals surface area (Å²) in [4.78, 5) is 15.3. The van der Waals surface area contributed by atoms with Crippen LogP contribution in [0.25, 0.3) is 11.3 Å². The number of pyridine rings is 2. The van der Waals surface area contributed by atoms with Crippen LogP contribution in [-0.2, 0) is 23.1 Å². The van der Waals surface area contributed by atoms with Crippen molar-refractivity contribution in [1.29, 1.82) is 0 Å². The van der Waals surface area contributed by atoms with Crippen LogP contribution >= 0.6 is 11.6 Å². The van der Waals surface area contributed by atoms with Crippen LogP contribution in [0.1, 0.15) is 17.0 Å². The molecule has 0 atom stereocenters. The van der Waals surface area contributed by atoms with Crippen molar-refractivity contribution in [3.05, 3.63) is 82.9 Å². The first-order valence-corrected chi connectivity index (χ1v) is 12.7. The van der Waals surface area contributed by atoms with Crippen molar-refractivity contribution in [2.75, 3.05) is 16.2 Å². The van der Waals surface area contributed by atoms with Crippen molar-refractivity contribution in [3.8, 4) is 11.3 Å². The zero-order valence-electron chi connectivity index (χ0n) is 18.7. The van der Waals surface area contributed by atoms with Crippen LogP contribution in [0.2, 0.25) is 5.02 Å². The van der Waals surface area contributed by atoms with Gasteiger partial charge in [-0.05, 0) is 49.2 Å². The third-order valence-corrected chi connectivity index (χ3v) is 7.42. The molecule has 0 aliphatic carbocycles. The van der Waals surface area contributed by atoms with Crippen LogP contribution in [0.3, 0.4) is 0 Å². The number of aryl methyl sites for hydroxylation is 2. The number of nitrogens with one attached hydrogen (secondary N) is 1. The lowest BCUT2D eigenvalue weighted by atomic mass is 9.99. The molecule has 174 valence electrons. The Balaban J connectivity index is 1.43. The number of hydrogen-bond donors (Lipinski definition) is 1. The highest BCUT2D eigenvalue weighted by Crippen LogP contribution is 2.32. The van der Waals surface area contributed by atoms with Gasteiger partial charge in [0, 0.05) is 31.0 Å². The maximum Gasteiger partial charge on any atom is 0.280 e. The number of aromatic nitrogens is 4. The van der Waals surface area contributed by atoms with Gasteiger partial charge in [-0.3, -0.25) is 4.72 Å². The van der Waals surface area contributed by atoms with E-state index in [9.17, 15) is 8.42 Å². The summed E-state index contributed by atoms with van der Waals surface area (Å²) in [5.74, 6) is 1.68. The van der Waals surface area contributed by atoms with Crippen molar-refractivity contribution in [2.45, 2.75) is 32.0 Å². The zero-order chi connectivity index (χ0) is 23.9. The molecule has 0 bridgehead atoms. The number of hydrogen-bond acceptors (Lipinski definition) is 6. The average Bonchev–Trinajstić information content (AvgIpc) is 3.29. The number of imidazole rings is 1. The molecule has 0 amide bonds. The SMILES string of the molecule is Cc1cccc(C)c1-c1nc(NS(=O)(=O)c2cccc(N3CCn4ccnc4C3)n2)ccc1Cl. The molecule has 4 heterocycles. The molecule has 0 radical (unpaired) electrons. The number of nitrogens with zero attached hydrogens (tertiary/aromatic N) is 5. The van der Waals surface area contributed by atoms with E-state index in [1.54, 1.807) is 30.5 Å². The molecule has 1 aliphatic rings. The largest absolute Gasteiger partial charge is 0.347 e. The lowest BCUT2D eigenvalue weighted by Crippen LogP contribution is -2.34. The summed E-state index contributed by atoms with van der Waals surface area (Å²) in [5.41, 5.74) is 3.43. The minimum absolute atomic E-state index is 0.0794. The van der Waals surface area contributed by atoms with Gasteiger partial charge in [0.25, 0.3) is 10.0 Å². The first-order valence-electron chi connectivity index (χ1n) is 10.8. The van der Waals surface area contributed by atoms with Gasteiger partial charge in [-0.2, -0.15) is 8.42 Å². The number of sulfonamides is 1. The van der Waals surface area contributed by atoms with Gasteiger partial charge >= 0.3 is 0 Å². The van der Waals surface area contributed by atoms with E-state index in [-0.39, 0.29) is 10.8 Å². The number of rotatable bonds is 5. The Kier molecular flexibility index (Phi) is 5.75. The van der Waals surface area contributed by atoms with Gasteiger partial charge in [0.15, 0.2) is 5.03 Å². The Morgan fingerprint density at radius 3 is 2.53 bits per heavy atom. The second-order valence-electron chi connectivity index (χ2n) is 8.19. The second kappa shape index (κ2) is 8.73. The fourth-order valence-corrected chi connectivity index (χ4v) is 5.32. The van der Waals surface area contributed by atoms with Gasteiger partial charge in [-0.25, -0.2) is 15.0 Å². The lowest BCUT2D eigenvalue weighted by molar-refractivity contribution is 0.554. The summed E-state index contributed by atoms with van der Waals surface area (Å²) in [5, 5.41) is 0.369. The Labute approximate surface area is 203 Å². The molecule has 0 fully saturated rings. The monoisotopic (exact) mass is 494 g/mol. The maximum atomic E-state index is 13.2. The fraction of sp³-hybridized carbons (Fsp3) is 0.208. The summed E-state index contributed by atoms with van der Waals surface area (Å²) in [6.45, 7) is 5.99. The summed E-state index contributed by atoms with van der Waals surface area (Å²) in [7, 11) is -3.97. The van der Waals surface area contributed by atoms with Gasteiger partial charge in [0.1, 0.15) is 17.5 Å². The number of benzene rings is 1. The molecule has 0 saturated heterocycles. The molecule has 0 unspecified atom stereocenters. The molecule has 0 saturated carbocycles. The maximum absolute atomic E-state index is 13.2. The molecular weight excluding hydrogens is 472 g/mol. The molecule has 5 rings (SSSR count). The van der Waals surface area contributed by atoms with E-state index in [0.717, 1.165) is 29.1 Å². The Bertz CT molecular complexity index is 1460. The zero-order valence-corrected chi connectivity index (χ0v) is 20.3. The third kappa shape index (κ3) is 4.24. The van der Waals surface area contributed by atoms with Crippen LogP contribution in [-0.4, -0.2) is 34.5 Å². The molecule has 10 heteroatoms. The van der Waals surface area contributed by atoms with Gasteiger partial charge in [-0.1, -0.05) is 35.9 Å². The third-order valence-electron chi connectivity index (χ3n) is 5.86. The smallest absolute Gasteiger partial charge is 0.280 e. The predicted octanol–water partition coefficient (Wildman–Crippen LogP) is 4.43. The standard InChI is InChI=1S/C24H23ClN6O2S/c1-16-5-3-6-17(2)23(16)24-18(25)9-10-19(27-24)29-34(32,33)22-8-4-7-20(28-22)31-14-13-30-12-11-26-21(30)15-31/h3-12H,13-15H2,1-2H3,(H,27,29). The molecule has 34 heavy (non-hydrogen) atoms. The highest BCUT2D eigenvalue weighted by atomic mass is 35.5. The Morgan fingerprint density at radius 1 is 0.971 bits per heavy atom. The van der Waals surface area contributed by atoms with Gasteiger partial charge in [0.05, 0.1) is 17.3 Å². The molecule has 4 aromatic rings. The van der Waals surface area contributed by atoms with Gasteiger partial charge in [-0.15, -0.1) is 0 Å². The van der Waals surface area contributed by atoms with Crippen LogP contribution in [0.15, 0.2) is 66.0 Å². The normalized spacial score (nSPS) is 13.6. The van der Waals surface area contributed by atoms with Crippen molar-refractivity contribution in [3.63, 3.8) is 0 Å². The topological polar surface area (TPSA) is 93.0 Å². The van der Waals surface area contributed by atoms with Crippen LogP contribution in [0.4, 0.5) is 11.6 Å². The molecule has 8 nitrogen and oxygen atoms in total. The van der Waals surface area contributed by atoms with E-state index >= 15 is 0 Å². The number of halogens is 1. The Hall–Kier alpha value is -3.43. The van der Waals surface area contributed by atoms with Gasteiger partial charge < -0.3 is 9.47 Å². The number of fused-ring (bicyclic) bond motifs is 1. The van der Waals surface area contributed by atoms with E-state index in [0.29, 0.717) is 29.6 Å². The minimum atomic E-state index is -3.97. The highest BCUT2D eigenvalue weighted by Gasteiger charge is 2.22. The minimum Gasteiger partial charge on any atom is -0.347 e. The Morgan fingerprint density at radius 2 is 1.74 bits per heavy atom. The van der Waals surface area contributed by atoms with Crippen molar-refractivity contribution < 1.29 is 8.42 Å². The molecule has 1 N–H and O–H groups in total. The summed E-state index contributed by atoms with van der Waals surface area (Å²) in [6, 6.07) is 14.1. The van der Waals surface area contributed by atoms with Crippen LogP contribution < -0.4 is 9.62 Å². The lowest BCUT2D eigenvalue weighted by Gasteiger charge is -2.28. The van der Waals surface area contributed by atoms with E-state index in [4.69, 9.17) is 11.6 Å². The second-order valence-corrected chi connectivity index (χ2v) is 10.2. The number of anilines is 2. The quantitative estimate of drug-likeness (QED) is 0.441. The van der Waals surface area contributed by atoms with E-state index in [1.807, 2.05) is 43.1 Å². The first-order chi connectivity index (χ1) is 16.3. The summed E-state index contributed by atoms with van der Waals surface area (Å²) in [6.07, 6.45) is 3.71. The van der Waals surface area contributed by atoms with E-state index in [2.05, 4.69) is 24.2 Å². The van der Waals surface area contributed by atoms with Crippen LogP contribution in [0.5, 0.6) is 0 Å². The van der Waals surface area contributed by atoms with Crippen molar-refractivity contribution >= 4 is 33.3 Å². The average molecular weight is 495 g/mol. The van der Waals surface area contributed by atoms with Crippen LogP contribution in [0, 0.1) is 13.8 Å². The molecule has 1 aromatic carbocycles. The van der Waals surface area contributed by atoms with Gasteiger partial charge in [0.2, 0.25) is 0 Å². The highest BCUT2D eigenvalue weighted by molar-refractivity contribution is 7.92. The molecular formula is C24H23ClN6O2S. The predicted molar refractivity (Wildman–Crippen MR) is 132 cm³/mol. The molecule has 1 aliphatic heterocycles. The first kappa shape index (κ1) is 22.4. The van der Waals surface area contributed by atoms with Crippen molar-refractivity contribution in [2.24, 2.45) is 0 Å². The summed E-state index contributed by atoms with van der Waals surface area (Å²) >= 11 is 6.43. The molecule has 0 spiro atoms. The molecule has 3 aromatic heterocycles. The van der Waals surface area contributed by atoms with E-state index < -0.39 is 10.0 Å². The fourth-order valence-electron chi connectivity index (χ4n) is 4.15. The van der Waals surface area contributed by atoms with Crippen molar-refractivity contribution in [1.82, 2.24) is 19.5 Å².